The van der Waals surface area contributed by atoms with Gasteiger partial charge in [0.05, 0.1) is 22.0 Å². The van der Waals surface area contributed by atoms with Gasteiger partial charge in [0.1, 0.15) is 0 Å². The molecule has 0 N–H and O–H groups in total. The van der Waals surface area contributed by atoms with E-state index in [2.05, 4.69) is 9.97 Å². The molecular weight excluding hydrogens is 429 g/mol. The molecule has 0 unspecified atom stereocenters. The van der Waals surface area contributed by atoms with Crippen LogP contribution >= 0.6 is 35.0 Å². The van der Waals surface area contributed by atoms with Crippen molar-refractivity contribution in [2.24, 2.45) is 0 Å². The van der Waals surface area contributed by atoms with Gasteiger partial charge in [0.2, 0.25) is 0 Å². The molecule has 4 aromatic rings. The van der Waals surface area contributed by atoms with Crippen molar-refractivity contribution in [3.05, 3.63) is 92.8 Å². The van der Waals surface area contributed by atoms with Crippen molar-refractivity contribution in [3.63, 3.8) is 0 Å². The van der Waals surface area contributed by atoms with E-state index in [4.69, 9.17) is 23.2 Å². The van der Waals surface area contributed by atoms with Gasteiger partial charge < -0.3 is 0 Å². The van der Waals surface area contributed by atoms with Crippen LogP contribution in [-0.2, 0) is 0 Å². The number of carbonyl (C=O) groups excluding carboxylic acids is 1. The van der Waals surface area contributed by atoms with Crippen LogP contribution in [0.1, 0.15) is 10.4 Å². The van der Waals surface area contributed by atoms with Crippen molar-refractivity contribution in [2.75, 3.05) is 5.75 Å². The summed E-state index contributed by atoms with van der Waals surface area (Å²) in [7, 11) is 0. The highest BCUT2D eigenvalue weighted by atomic mass is 35.5. The largest absolute Gasteiger partial charge is 0.293 e. The van der Waals surface area contributed by atoms with Gasteiger partial charge in [0, 0.05) is 16.8 Å². The highest BCUT2D eigenvalue weighted by molar-refractivity contribution is 7.99. The zero-order valence-corrected chi connectivity index (χ0v) is 17.2. The molecule has 0 spiro atoms. The summed E-state index contributed by atoms with van der Waals surface area (Å²) in [5.41, 5.74) is 1.43. The van der Waals surface area contributed by atoms with Crippen molar-refractivity contribution in [3.8, 4) is 5.69 Å². The number of fused-ring (bicyclic) bond motifs is 1. The maximum absolute atomic E-state index is 13.1. The minimum absolute atomic E-state index is 0.0789. The topological polar surface area (TPSA) is 64.8 Å². The Morgan fingerprint density at radius 2 is 1.76 bits per heavy atom. The Morgan fingerprint density at radius 1 is 1.00 bits per heavy atom. The summed E-state index contributed by atoms with van der Waals surface area (Å²) in [6, 6.07) is 17.1. The van der Waals surface area contributed by atoms with Gasteiger partial charge in [-0.25, -0.2) is 9.97 Å². The van der Waals surface area contributed by atoms with Gasteiger partial charge in [0.25, 0.3) is 5.56 Å². The van der Waals surface area contributed by atoms with E-state index >= 15 is 0 Å². The van der Waals surface area contributed by atoms with E-state index in [0.717, 1.165) is 0 Å². The average molecular weight is 442 g/mol. The lowest BCUT2D eigenvalue weighted by Gasteiger charge is -2.13. The standard InChI is InChI=1S/C21H13Cl2N3O2S/c22-13-7-9-14(10-8-13)26-20(28)19-17(6-3-11-24-19)25-21(26)29-12-18(27)15-4-1-2-5-16(15)23/h1-11H,12H2. The van der Waals surface area contributed by atoms with E-state index in [0.29, 0.717) is 32.0 Å². The number of aromatic nitrogens is 3. The minimum Gasteiger partial charge on any atom is -0.293 e. The van der Waals surface area contributed by atoms with Crippen LogP contribution in [-0.4, -0.2) is 26.1 Å². The van der Waals surface area contributed by atoms with Gasteiger partial charge in [-0.05, 0) is 48.5 Å². The molecule has 0 atom stereocenters. The number of hydrogen-bond donors (Lipinski definition) is 0. The van der Waals surface area contributed by atoms with Crippen LogP contribution in [0.3, 0.4) is 0 Å². The fourth-order valence-electron chi connectivity index (χ4n) is 2.81. The molecule has 2 aromatic heterocycles. The van der Waals surface area contributed by atoms with Crippen LogP contribution in [0.2, 0.25) is 10.0 Å². The highest BCUT2D eigenvalue weighted by Crippen LogP contribution is 2.24. The zero-order valence-electron chi connectivity index (χ0n) is 14.9. The normalized spacial score (nSPS) is 11.0. The van der Waals surface area contributed by atoms with Gasteiger partial charge in [-0.1, -0.05) is 47.1 Å². The van der Waals surface area contributed by atoms with Crippen LogP contribution in [0, 0.1) is 0 Å². The SMILES string of the molecule is O=C(CSc1nc2cccnc2c(=O)n1-c1ccc(Cl)cc1)c1ccccc1Cl. The first-order chi connectivity index (χ1) is 14.0. The fourth-order valence-corrected chi connectivity index (χ4v) is 4.07. The fraction of sp³-hybridized carbons (Fsp3) is 0.0476. The van der Waals surface area contributed by atoms with Crippen LogP contribution in [0.25, 0.3) is 16.7 Å². The monoisotopic (exact) mass is 441 g/mol. The molecule has 4 rings (SSSR count). The van der Waals surface area contributed by atoms with Crippen molar-refractivity contribution >= 4 is 51.8 Å². The molecule has 8 heteroatoms. The molecule has 0 aliphatic carbocycles. The third-order valence-electron chi connectivity index (χ3n) is 4.19. The number of benzene rings is 2. The summed E-state index contributed by atoms with van der Waals surface area (Å²) in [6.07, 6.45) is 1.55. The van der Waals surface area contributed by atoms with Gasteiger partial charge in [-0.2, -0.15) is 0 Å². The van der Waals surface area contributed by atoms with E-state index in [1.54, 1.807) is 66.9 Å². The second-order valence-corrected chi connectivity index (χ2v) is 7.86. The summed E-state index contributed by atoms with van der Waals surface area (Å²) < 4.78 is 1.44. The smallest absolute Gasteiger partial charge is 0.285 e. The number of carbonyl (C=O) groups is 1. The van der Waals surface area contributed by atoms with Crippen molar-refractivity contribution < 1.29 is 4.79 Å². The average Bonchev–Trinajstić information content (AvgIpc) is 2.73. The number of ketones is 1. The number of pyridine rings is 1. The summed E-state index contributed by atoms with van der Waals surface area (Å²) >= 11 is 13.3. The van der Waals surface area contributed by atoms with Gasteiger partial charge in [-0.3, -0.25) is 14.2 Å². The summed E-state index contributed by atoms with van der Waals surface area (Å²) in [5.74, 6) is -0.0704. The number of halogens is 2. The van der Waals surface area contributed by atoms with Gasteiger partial charge in [0.15, 0.2) is 16.5 Å². The van der Waals surface area contributed by atoms with Crippen molar-refractivity contribution in [2.45, 2.75) is 5.16 Å². The molecule has 0 aliphatic heterocycles. The number of hydrogen-bond acceptors (Lipinski definition) is 5. The lowest BCUT2D eigenvalue weighted by molar-refractivity contribution is 0.102. The van der Waals surface area contributed by atoms with Crippen LogP contribution in [0.5, 0.6) is 0 Å². The molecule has 5 nitrogen and oxygen atoms in total. The lowest BCUT2D eigenvalue weighted by atomic mass is 10.1. The lowest BCUT2D eigenvalue weighted by Crippen LogP contribution is -2.23. The molecule has 0 fully saturated rings. The first-order valence-corrected chi connectivity index (χ1v) is 10.3. The number of thioether (sulfide) groups is 1. The molecule has 2 heterocycles. The molecular formula is C21H13Cl2N3O2S. The Morgan fingerprint density at radius 3 is 2.52 bits per heavy atom. The predicted molar refractivity (Wildman–Crippen MR) is 117 cm³/mol. The van der Waals surface area contributed by atoms with E-state index in [9.17, 15) is 9.59 Å². The third-order valence-corrected chi connectivity index (χ3v) is 5.71. The van der Waals surface area contributed by atoms with E-state index in [-0.39, 0.29) is 22.6 Å². The molecule has 0 saturated heterocycles. The first kappa shape index (κ1) is 19.6. The second kappa shape index (κ2) is 8.37. The molecule has 2 aromatic carbocycles. The molecule has 0 saturated carbocycles. The van der Waals surface area contributed by atoms with Crippen molar-refractivity contribution in [1.82, 2.24) is 14.5 Å². The van der Waals surface area contributed by atoms with E-state index in [1.165, 1.54) is 16.3 Å². The molecule has 0 aliphatic rings. The van der Waals surface area contributed by atoms with Gasteiger partial charge in [-0.15, -0.1) is 0 Å². The summed E-state index contributed by atoms with van der Waals surface area (Å²) in [6.45, 7) is 0. The predicted octanol–water partition coefficient (Wildman–Crippen LogP) is 5.06. The molecule has 0 bridgehead atoms. The number of Topliss-reactive ketones (excluding diaryl/α,β-unsaturated/α-hetero) is 1. The molecule has 0 amide bonds. The minimum atomic E-state index is -0.314. The Labute approximate surface area is 180 Å². The van der Waals surface area contributed by atoms with Crippen molar-refractivity contribution in [1.29, 1.82) is 0 Å². The zero-order chi connectivity index (χ0) is 20.4. The van der Waals surface area contributed by atoms with Crippen LogP contribution in [0.4, 0.5) is 0 Å². The second-order valence-electron chi connectivity index (χ2n) is 6.07. The van der Waals surface area contributed by atoms with Crippen LogP contribution < -0.4 is 5.56 Å². The Kier molecular flexibility index (Phi) is 5.67. The maximum atomic E-state index is 13.1. The van der Waals surface area contributed by atoms with E-state index < -0.39 is 0 Å². The summed E-state index contributed by atoms with van der Waals surface area (Å²) in [5, 5.41) is 1.33. The quantitative estimate of drug-likeness (QED) is 0.246. The molecule has 144 valence electrons. The first-order valence-electron chi connectivity index (χ1n) is 8.59. The number of nitrogens with zero attached hydrogens (tertiary/aromatic N) is 3. The maximum Gasteiger partial charge on any atom is 0.285 e. The molecule has 0 radical (unpaired) electrons. The Hall–Kier alpha value is -2.67. The Balaban J connectivity index is 1.77. The van der Waals surface area contributed by atoms with E-state index in [1.807, 2.05) is 0 Å². The Bertz CT molecular complexity index is 1270. The van der Waals surface area contributed by atoms with Crippen LogP contribution in [0.15, 0.2) is 76.8 Å². The highest BCUT2D eigenvalue weighted by Gasteiger charge is 2.17. The molecule has 29 heavy (non-hydrogen) atoms. The number of rotatable bonds is 5. The third kappa shape index (κ3) is 4.05. The van der Waals surface area contributed by atoms with Gasteiger partial charge >= 0.3 is 0 Å². The summed E-state index contributed by atoms with van der Waals surface area (Å²) in [4.78, 5) is 34.5.